The Morgan fingerprint density at radius 3 is 2.35 bits per heavy atom. The van der Waals surface area contributed by atoms with E-state index in [1.165, 1.54) is 28.0 Å². The smallest absolute Gasteiger partial charge is 0.350 e. The molecule has 34 heavy (non-hydrogen) atoms. The second kappa shape index (κ2) is 10.3. The van der Waals surface area contributed by atoms with E-state index in [2.05, 4.69) is 9.68 Å². The van der Waals surface area contributed by atoms with Gasteiger partial charge in [0.25, 0.3) is 0 Å². The molecule has 2 saturated heterocycles. The number of halogens is 4. The van der Waals surface area contributed by atoms with Crippen LogP contribution in [0, 0.1) is 11.7 Å². The Morgan fingerprint density at radius 1 is 1.12 bits per heavy atom. The van der Waals surface area contributed by atoms with Gasteiger partial charge in [-0.3, -0.25) is 4.79 Å². The molecule has 0 saturated carbocycles. The molecule has 0 spiro atoms. The lowest BCUT2D eigenvalue weighted by atomic mass is 9.96. The van der Waals surface area contributed by atoms with Crippen molar-refractivity contribution >= 4 is 21.6 Å². The van der Waals surface area contributed by atoms with Crippen molar-refractivity contribution in [2.24, 2.45) is 5.92 Å². The molecule has 2 aliphatic heterocycles. The van der Waals surface area contributed by atoms with E-state index in [1.807, 2.05) is 13.8 Å². The SMILES string of the molecule is CC.O=C(C1CCS(=O)(=O)CC1)N1CCN(c2cc(C(F)(F)F)on2)CC1c1ccccc1F. The molecule has 0 bridgehead atoms. The van der Waals surface area contributed by atoms with E-state index < -0.39 is 39.6 Å². The minimum absolute atomic E-state index is 0.0154. The first-order chi connectivity index (χ1) is 16.0. The van der Waals surface area contributed by atoms with Crippen LogP contribution in [0.4, 0.5) is 23.4 Å². The zero-order chi connectivity index (χ0) is 25.1. The van der Waals surface area contributed by atoms with Crippen molar-refractivity contribution in [1.82, 2.24) is 10.1 Å². The number of sulfone groups is 1. The highest BCUT2D eigenvalue weighted by Crippen LogP contribution is 2.35. The maximum atomic E-state index is 14.6. The number of amides is 1. The number of carbonyl (C=O) groups is 1. The maximum Gasteiger partial charge on any atom is 0.452 e. The van der Waals surface area contributed by atoms with E-state index in [4.69, 9.17) is 0 Å². The average Bonchev–Trinajstić information content (AvgIpc) is 3.31. The Bertz CT molecular complexity index is 1090. The fraction of sp³-hybridized carbons (Fsp3) is 0.545. The minimum atomic E-state index is -4.69. The predicted octanol–water partition coefficient (Wildman–Crippen LogP) is 4.07. The molecule has 2 aliphatic rings. The number of rotatable bonds is 3. The van der Waals surface area contributed by atoms with Gasteiger partial charge in [-0.1, -0.05) is 37.2 Å². The Morgan fingerprint density at radius 2 is 1.76 bits per heavy atom. The number of anilines is 1. The molecule has 4 rings (SSSR count). The van der Waals surface area contributed by atoms with Gasteiger partial charge in [-0.2, -0.15) is 13.2 Å². The first-order valence-corrected chi connectivity index (χ1v) is 12.9. The van der Waals surface area contributed by atoms with Gasteiger partial charge in [-0.15, -0.1) is 0 Å². The van der Waals surface area contributed by atoms with Crippen LogP contribution in [0.25, 0.3) is 0 Å². The molecule has 7 nitrogen and oxygen atoms in total. The topological polar surface area (TPSA) is 83.7 Å². The summed E-state index contributed by atoms with van der Waals surface area (Å²) in [6, 6.07) is 5.90. The van der Waals surface area contributed by atoms with Crippen LogP contribution in [0.3, 0.4) is 0 Å². The second-order valence-electron chi connectivity index (χ2n) is 7.99. The van der Waals surface area contributed by atoms with E-state index in [1.54, 1.807) is 6.07 Å². The standard InChI is InChI=1S/C20H21F4N3O4S.C2H6/c21-15-4-2-1-3-14(15)16-12-26(18-11-17(31-25-18)20(22,23)24)7-8-27(16)19(28)13-5-9-32(29,30)10-6-13;1-2/h1-4,11,13,16H,5-10,12H2;1-2H3. The first kappa shape index (κ1) is 26.0. The van der Waals surface area contributed by atoms with E-state index >= 15 is 0 Å². The summed E-state index contributed by atoms with van der Waals surface area (Å²) in [5.74, 6) is -2.75. The Hall–Kier alpha value is -2.63. The van der Waals surface area contributed by atoms with E-state index in [0.717, 1.165) is 6.07 Å². The first-order valence-electron chi connectivity index (χ1n) is 11.1. The molecule has 0 radical (unpaired) electrons. The monoisotopic (exact) mass is 505 g/mol. The van der Waals surface area contributed by atoms with Crippen molar-refractivity contribution in [3.8, 4) is 0 Å². The Kier molecular flexibility index (Phi) is 7.89. The quantitative estimate of drug-likeness (QED) is 0.585. The van der Waals surface area contributed by atoms with Crippen LogP contribution in [-0.4, -0.2) is 55.5 Å². The maximum absolute atomic E-state index is 14.6. The minimum Gasteiger partial charge on any atom is -0.350 e. The van der Waals surface area contributed by atoms with Gasteiger partial charge >= 0.3 is 6.18 Å². The van der Waals surface area contributed by atoms with Crippen molar-refractivity contribution in [2.45, 2.75) is 38.9 Å². The Balaban J connectivity index is 0.00000158. The summed E-state index contributed by atoms with van der Waals surface area (Å²) < 4.78 is 81.2. The van der Waals surface area contributed by atoms with Gasteiger partial charge in [0.1, 0.15) is 15.7 Å². The van der Waals surface area contributed by atoms with E-state index in [0.29, 0.717) is 0 Å². The number of hydrogen-bond donors (Lipinski definition) is 0. The molecule has 3 heterocycles. The van der Waals surface area contributed by atoms with Gasteiger partial charge in [0.2, 0.25) is 11.7 Å². The lowest BCUT2D eigenvalue weighted by Gasteiger charge is -2.43. The fourth-order valence-electron chi connectivity index (χ4n) is 4.19. The largest absolute Gasteiger partial charge is 0.452 e. The number of piperazine rings is 1. The summed E-state index contributed by atoms with van der Waals surface area (Å²) in [5, 5.41) is 3.50. The average molecular weight is 506 g/mol. The molecule has 2 fully saturated rings. The fourth-order valence-corrected chi connectivity index (χ4v) is 5.68. The molecular weight excluding hydrogens is 478 g/mol. The van der Waals surface area contributed by atoms with Crippen LogP contribution in [0.5, 0.6) is 0 Å². The molecule has 1 amide bonds. The summed E-state index contributed by atoms with van der Waals surface area (Å²) >= 11 is 0. The van der Waals surface area contributed by atoms with Crippen LogP contribution >= 0.6 is 0 Å². The summed E-state index contributed by atoms with van der Waals surface area (Å²) in [6.07, 6.45) is -4.29. The highest BCUT2D eigenvalue weighted by Gasteiger charge is 2.40. The molecule has 1 atom stereocenters. The second-order valence-corrected chi connectivity index (χ2v) is 10.3. The molecule has 1 aromatic carbocycles. The number of aromatic nitrogens is 1. The van der Waals surface area contributed by atoms with Crippen LogP contribution in [0.2, 0.25) is 0 Å². The molecule has 12 heteroatoms. The molecule has 2 aromatic rings. The summed E-state index contributed by atoms with van der Waals surface area (Å²) in [7, 11) is -3.16. The van der Waals surface area contributed by atoms with Crippen molar-refractivity contribution in [3.05, 3.63) is 47.5 Å². The lowest BCUT2D eigenvalue weighted by molar-refractivity contribution is -0.155. The molecular formula is C22H27F4N3O4S. The van der Waals surface area contributed by atoms with Gasteiger partial charge < -0.3 is 14.3 Å². The summed E-state index contributed by atoms with van der Waals surface area (Å²) in [6.45, 7) is 4.31. The van der Waals surface area contributed by atoms with Crippen molar-refractivity contribution in [1.29, 1.82) is 0 Å². The molecule has 1 aromatic heterocycles. The number of carbonyl (C=O) groups excluding carboxylic acids is 1. The molecule has 188 valence electrons. The normalized spacial score (nSPS) is 21.1. The number of alkyl halides is 3. The zero-order valence-electron chi connectivity index (χ0n) is 18.9. The van der Waals surface area contributed by atoms with Crippen LogP contribution in [0.15, 0.2) is 34.9 Å². The number of nitrogens with zero attached hydrogens (tertiary/aromatic N) is 3. The summed E-state index contributed by atoms with van der Waals surface area (Å²) in [4.78, 5) is 16.3. The third-order valence-corrected chi connectivity index (χ3v) is 7.65. The molecule has 1 unspecified atom stereocenters. The number of benzene rings is 1. The Labute approximate surface area is 195 Å². The van der Waals surface area contributed by atoms with Crippen LogP contribution < -0.4 is 4.90 Å². The van der Waals surface area contributed by atoms with Gasteiger partial charge in [-0.05, 0) is 18.9 Å². The molecule has 0 N–H and O–H groups in total. The van der Waals surface area contributed by atoms with Crippen molar-refractivity contribution in [2.75, 3.05) is 36.0 Å². The number of hydrogen-bond acceptors (Lipinski definition) is 6. The van der Waals surface area contributed by atoms with Gasteiger partial charge in [0.05, 0.1) is 17.5 Å². The van der Waals surface area contributed by atoms with Crippen LogP contribution in [0.1, 0.15) is 44.1 Å². The lowest BCUT2D eigenvalue weighted by Crippen LogP contribution is -2.53. The van der Waals surface area contributed by atoms with Crippen LogP contribution in [-0.2, 0) is 20.8 Å². The van der Waals surface area contributed by atoms with Gasteiger partial charge in [0.15, 0.2) is 5.82 Å². The summed E-state index contributed by atoms with van der Waals surface area (Å²) in [5.41, 5.74) is 0.230. The van der Waals surface area contributed by atoms with E-state index in [-0.39, 0.29) is 61.3 Å². The highest BCUT2D eigenvalue weighted by molar-refractivity contribution is 7.91. The zero-order valence-corrected chi connectivity index (χ0v) is 19.7. The third-order valence-electron chi connectivity index (χ3n) is 5.93. The molecule has 0 aliphatic carbocycles. The van der Waals surface area contributed by atoms with Gasteiger partial charge in [0, 0.05) is 37.2 Å². The van der Waals surface area contributed by atoms with Gasteiger partial charge in [-0.25, -0.2) is 12.8 Å². The van der Waals surface area contributed by atoms with E-state index in [9.17, 15) is 30.8 Å². The van der Waals surface area contributed by atoms with Crippen molar-refractivity contribution < 1.29 is 35.3 Å². The highest BCUT2D eigenvalue weighted by atomic mass is 32.2. The predicted molar refractivity (Wildman–Crippen MR) is 117 cm³/mol. The van der Waals surface area contributed by atoms with Crippen molar-refractivity contribution in [3.63, 3.8) is 0 Å². The third kappa shape index (κ3) is 5.70.